The Morgan fingerprint density at radius 1 is 1.53 bits per heavy atom. The summed E-state index contributed by atoms with van der Waals surface area (Å²) in [4.78, 5) is 11.1. The number of ether oxygens (including phenoxy) is 1. The van der Waals surface area contributed by atoms with Crippen LogP contribution < -0.4 is 16.8 Å². The number of rotatable bonds is 3. The lowest BCUT2D eigenvalue weighted by molar-refractivity contribution is 0.100. The molecule has 0 aromatic heterocycles. The van der Waals surface area contributed by atoms with Gasteiger partial charge in [-0.3, -0.25) is 4.79 Å². The number of carbonyl (C=O) groups is 1. The Hall–Kier alpha value is -1.75. The lowest BCUT2D eigenvalue weighted by atomic mass is 10.1. The summed E-state index contributed by atoms with van der Waals surface area (Å²) in [5.41, 5.74) is 12.9. The molecule has 0 saturated carbocycles. The van der Waals surface area contributed by atoms with Crippen LogP contribution in [0, 0.1) is 0 Å². The zero-order valence-electron chi connectivity index (χ0n) is 9.77. The van der Waals surface area contributed by atoms with Gasteiger partial charge in [0, 0.05) is 12.2 Å². The minimum atomic E-state index is -0.455. The van der Waals surface area contributed by atoms with Crippen molar-refractivity contribution < 1.29 is 9.53 Å². The number of hydrogen-bond acceptors (Lipinski definition) is 4. The summed E-state index contributed by atoms with van der Waals surface area (Å²) in [6.07, 6.45) is 1.08. The van der Waals surface area contributed by atoms with Gasteiger partial charge in [0.25, 0.3) is 0 Å². The van der Waals surface area contributed by atoms with E-state index in [2.05, 4.69) is 5.32 Å². The fourth-order valence-electron chi connectivity index (χ4n) is 1.96. The standard InChI is InChI=1S/C12H17N3O2/c1-7-10(4-5-17-7)15-11-6-8(12(14)16)2-3-9(11)13/h2-3,6-7,10,15H,4-5,13H2,1H3,(H2,14,16). The van der Waals surface area contributed by atoms with Crippen molar-refractivity contribution in [2.24, 2.45) is 5.73 Å². The zero-order valence-corrected chi connectivity index (χ0v) is 9.77. The van der Waals surface area contributed by atoms with Crippen LogP contribution in [-0.2, 0) is 4.74 Å². The second-order valence-corrected chi connectivity index (χ2v) is 4.28. The lowest BCUT2D eigenvalue weighted by Crippen LogP contribution is -2.27. The minimum absolute atomic E-state index is 0.145. The maximum absolute atomic E-state index is 11.1. The lowest BCUT2D eigenvalue weighted by Gasteiger charge is -2.19. The highest BCUT2D eigenvalue weighted by Gasteiger charge is 2.24. The van der Waals surface area contributed by atoms with Crippen molar-refractivity contribution in [3.05, 3.63) is 23.8 Å². The fourth-order valence-corrected chi connectivity index (χ4v) is 1.96. The Bertz CT molecular complexity index is 434. The molecule has 1 amide bonds. The van der Waals surface area contributed by atoms with E-state index in [0.717, 1.165) is 18.7 Å². The van der Waals surface area contributed by atoms with E-state index >= 15 is 0 Å². The smallest absolute Gasteiger partial charge is 0.248 e. The van der Waals surface area contributed by atoms with E-state index in [1.54, 1.807) is 18.2 Å². The number of amides is 1. The predicted molar refractivity (Wildman–Crippen MR) is 66.8 cm³/mol. The Morgan fingerprint density at radius 3 is 2.88 bits per heavy atom. The first-order valence-corrected chi connectivity index (χ1v) is 5.65. The average Bonchev–Trinajstić information content (AvgIpc) is 2.67. The SMILES string of the molecule is CC1OCCC1Nc1cc(C(N)=O)ccc1N. The number of hydrogen-bond donors (Lipinski definition) is 3. The monoisotopic (exact) mass is 235 g/mol. The number of nitrogens with one attached hydrogen (secondary N) is 1. The van der Waals surface area contributed by atoms with Crippen LogP contribution in [0.4, 0.5) is 11.4 Å². The van der Waals surface area contributed by atoms with Gasteiger partial charge in [-0.2, -0.15) is 0 Å². The maximum Gasteiger partial charge on any atom is 0.248 e. The molecule has 5 heteroatoms. The van der Waals surface area contributed by atoms with Crippen molar-refractivity contribution in [2.45, 2.75) is 25.5 Å². The first-order valence-electron chi connectivity index (χ1n) is 5.65. The zero-order chi connectivity index (χ0) is 12.4. The molecule has 0 aliphatic carbocycles. The normalized spacial score (nSPS) is 23.6. The fraction of sp³-hybridized carbons (Fsp3) is 0.417. The summed E-state index contributed by atoms with van der Waals surface area (Å²) < 4.78 is 5.46. The van der Waals surface area contributed by atoms with E-state index in [1.165, 1.54) is 0 Å². The summed E-state index contributed by atoms with van der Waals surface area (Å²) in [5, 5.41) is 3.30. The van der Waals surface area contributed by atoms with Crippen molar-refractivity contribution in [3.8, 4) is 0 Å². The second-order valence-electron chi connectivity index (χ2n) is 4.28. The van der Waals surface area contributed by atoms with Crippen molar-refractivity contribution in [1.29, 1.82) is 0 Å². The predicted octanol–water partition coefficient (Wildman–Crippen LogP) is 0.957. The van der Waals surface area contributed by atoms with Crippen LogP contribution in [0.15, 0.2) is 18.2 Å². The molecule has 2 atom stereocenters. The molecule has 1 fully saturated rings. The molecule has 17 heavy (non-hydrogen) atoms. The largest absolute Gasteiger partial charge is 0.397 e. The van der Waals surface area contributed by atoms with Crippen LogP contribution in [-0.4, -0.2) is 24.7 Å². The topological polar surface area (TPSA) is 90.4 Å². The average molecular weight is 235 g/mol. The molecule has 0 bridgehead atoms. The van der Waals surface area contributed by atoms with E-state index in [4.69, 9.17) is 16.2 Å². The van der Waals surface area contributed by atoms with Crippen LogP contribution >= 0.6 is 0 Å². The third-order valence-corrected chi connectivity index (χ3v) is 3.05. The van der Waals surface area contributed by atoms with Gasteiger partial charge < -0.3 is 21.5 Å². The number of primary amides is 1. The molecule has 2 unspecified atom stereocenters. The molecule has 5 nitrogen and oxygen atoms in total. The molecule has 2 rings (SSSR count). The van der Waals surface area contributed by atoms with Gasteiger partial charge in [-0.15, -0.1) is 0 Å². The highest BCUT2D eigenvalue weighted by Crippen LogP contribution is 2.24. The first kappa shape index (κ1) is 11.7. The van der Waals surface area contributed by atoms with Crippen molar-refractivity contribution >= 4 is 17.3 Å². The highest BCUT2D eigenvalue weighted by molar-refractivity contribution is 5.94. The number of nitrogens with two attached hydrogens (primary N) is 2. The second kappa shape index (κ2) is 4.63. The third kappa shape index (κ3) is 2.50. The van der Waals surface area contributed by atoms with E-state index in [-0.39, 0.29) is 12.1 Å². The van der Waals surface area contributed by atoms with Crippen molar-refractivity contribution in [2.75, 3.05) is 17.7 Å². The van der Waals surface area contributed by atoms with Gasteiger partial charge in [-0.1, -0.05) is 0 Å². The Labute approximate surface area is 100 Å². The van der Waals surface area contributed by atoms with Gasteiger partial charge in [-0.25, -0.2) is 0 Å². The Balaban J connectivity index is 2.19. The Kier molecular flexibility index (Phi) is 3.19. The molecule has 1 heterocycles. The van der Waals surface area contributed by atoms with E-state index in [9.17, 15) is 4.79 Å². The number of carbonyl (C=O) groups excluding carboxylic acids is 1. The summed E-state index contributed by atoms with van der Waals surface area (Å²) in [5.74, 6) is -0.455. The molecule has 1 aromatic rings. The summed E-state index contributed by atoms with van der Waals surface area (Å²) >= 11 is 0. The van der Waals surface area contributed by atoms with Crippen LogP contribution in [0.3, 0.4) is 0 Å². The third-order valence-electron chi connectivity index (χ3n) is 3.05. The number of nitrogen functional groups attached to an aromatic ring is 1. The van der Waals surface area contributed by atoms with Gasteiger partial charge in [0.1, 0.15) is 0 Å². The quantitative estimate of drug-likeness (QED) is 0.680. The number of anilines is 2. The maximum atomic E-state index is 11.1. The van der Waals surface area contributed by atoms with E-state index in [0.29, 0.717) is 11.3 Å². The van der Waals surface area contributed by atoms with Gasteiger partial charge >= 0.3 is 0 Å². The molecule has 0 spiro atoms. The molecule has 1 aromatic carbocycles. The molecule has 1 aliphatic rings. The summed E-state index contributed by atoms with van der Waals surface area (Å²) in [6.45, 7) is 2.76. The van der Waals surface area contributed by atoms with Crippen molar-refractivity contribution in [3.63, 3.8) is 0 Å². The molecule has 1 aliphatic heterocycles. The molecule has 1 saturated heterocycles. The van der Waals surface area contributed by atoms with Crippen LogP contribution in [0.5, 0.6) is 0 Å². The van der Waals surface area contributed by atoms with Crippen LogP contribution in [0.2, 0.25) is 0 Å². The summed E-state index contributed by atoms with van der Waals surface area (Å²) in [6, 6.07) is 5.21. The van der Waals surface area contributed by atoms with Crippen LogP contribution in [0.1, 0.15) is 23.7 Å². The van der Waals surface area contributed by atoms with Gasteiger partial charge in [0.15, 0.2) is 0 Å². The molecular formula is C12H17N3O2. The molecule has 92 valence electrons. The Morgan fingerprint density at radius 2 is 2.29 bits per heavy atom. The van der Waals surface area contributed by atoms with Gasteiger partial charge in [0.05, 0.1) is 23.5 Å². The van der Waals surface area contributed by atoms with E-state index in [1.807, 2.05) is 6.92 Å². The highest BCUT2D eigenvalue weighted by atomic mass is 16.5. The molecule has 0 radical (unpaired) electrons. The summed E-state index contributed by atoms with van der Waals surface area (Å²) in [7, 11) is 0. The minimum Gasteiger partial charge on any atom is -0.397 e. The molecular weight excluding hydrogens is 218 g/mol. The van der Waals surface area contributed by atoms with Gasteiger partial charge in [0.2, 0.25) is 5.91 Å². The first-order chi connectivity index (χ1) is 8.08. The van der Waals surface area contributed by atoms with Crippen LogP contribution in [0.25, 0.3) is 0 Å². The van der Waals surface area contributed by atoms with Crippen molar-refractivity contribution in [1.82, 2.24) is 0 Å². The molecule has 5 N–H and O–H groups in total. The van der Waals surface area contributed by atoms with Gasteiger partial charge in [-0.05, 0) is 31.5 Å². The van der Waals surface area contributed by atoms with E-state index < -0.39 is 5.91 Å². The number of benzene rings is 1.